The zero-order valence-corrected chi connectivity index (χ0v) is 12.4. The van der Waals surface area contributed by atoms with Gasteiger partial charge in [-0.1, -0.05) is 0 Å². The third-order valence-electron chi connectivity index (χ3n) is 2.83. The first-order valence-corrected chi connectivity index (χ1v) is 7.53. The minimum Gasteiger partial charge on any atom is -0.490 e. The molecule has 2 rings (SSSR count). The molecular formula is C13H10F2N2O5S. The fourth-order valence-electron chi connectivity index (χ4n) is 1.75. The molecule has 0 aliphatic rings. The maximum absolute atomic E-state index is 13.1. The van der Waals surface area contributed by atoms with Gasteiger partial charge in [0.2, 0.25) is 0 Å². The molecule has 0 unspecified atom stereocenters. The van der Waals surface area contributed by atoms with Crippen molar-refractivity contribution in [3.05, 3.63) is 58.1 Å². The number of hydrogen-bond acceptors (Lipinski definition) is 5. The number of sulfonamides is 1. The Labute approximate surface area is 129 Å². The Morgan fingerprint density at radius 1 is 1.13 bits per heavy atom. The van der Waals surface area contributed by atoms with E-state index in [9.17, 15) is 27.3 Å². The number of anilines is 1. The molecule has 0 amide bonds. The van der Waals surface area contributed by atoms with Crippen molar-refractivity contribution in [3.8, 4) is 5.75 Å². The minimum absolute atomic E-state index is 0.109. The Bertz CT molecular complexity index is 871. The summed E-state index contributed by atoms with van der Waals surface area (Å²) in [6.07, 6.45) is 0. The summed E-state index contributed by atoms with van der Waals surface area (Å²) in [5.41, 5.74) is -0.761. The molecule has 0 bridgehead atoms. The topological polar surface area (TPSA) is 98.5 Å². The molecule has 0 heterocycles. The van der Waals surface area contributed by atoms with Crippen molar-refractivity contribution in [1.29, 1.82) is 0 Å². The summed E-state index contributed by atoms with van der Waals surface area (Å²) >= 11 is 0. The molecule has 0 spiro atoms. The lowest BCUT2D eigenvalue weighted by molar-refractivity contribution is -0.386. The van der Waals surface area contributed by atoms with Crippen LogP contribution in [0.4, 0.5) is 20.2 Å². The average molecular weight is 344 g/mol. The van der Waals surface area contributed by atoms with Crippen LogP contribution in [0.3, 0.4) is 0 Å². The number of rotatable bonds is 5. The molecule has 2 aromatic rings. The molecule has 0 aliphatic heterocycles. The second kappa shape index (κ2) is 6.16. The summed E-state index contributed by atoms with van der Waals surface area (Å²) in [6.45, 7) is 0. The molecule has 10 heteroatoms. The first kappa shape index (κ1) is 16.6. The Balaban J connectivity index is 2.41. The maximum atomic E-state index is 13.1. The number of nitrogens with one attached hydrogen (secondary N) is 1. The van der Waals surface area contributed by atoms with E-state index < -0.39 is 37.2 Å². The van der Waals surface area contributed by atoms with Crippen molar-refractivity contribution in [2.24, 2.45) is 0 Å². The lowest BCUT2D eigenvalue weighted by Crippen LogP contribution is -2.13. The largest absolute Gasteiger partial charge is 0.490 e. The van der Waals surface area contributed by atoms with Crippen LogP contribution in [0, 0.1) is 21.7 Å². The van der Waals surface area contributed by atoms with E-state index in [4.69, 9.17) is 4.74 Å². The molecule has 2 aromatic carbocycles. The molecule has 1 N–H and O–H groups in total. The number of hydrogen-bond donors (Lipinski definition) is 1. The van der Waals surface area contributed by atoms with E-state index in [1.54, 1.807) is 0 Å². The standard InChI is InChI=1S/C13H10F2N2O5S/c1-22-13-5-3-9(7-12(13)17(18)19)23(20,21)16-8-2-4-10(14)11(15)6-8/h2-7,16H,1H3. The first-order chi connectivity index (χ1) is 10.7. The molecule has 0 radical (unpaired) electrons. The van der Waals surface area contributed by atoms with Crippen LogP contribution in [0.25, 0.3) is 0 Å². The highest BCUT2D eigenvalue weighted by molar-refractivity contribution is 7.92. The number of benzene rings is 2. The van der Waals surface area contributed by atoms with Gasteiger partial charge in [-0.05, 0) is 24.3 Å². The molecule has 23 heavy (non-hydrogen) atoms. The molecule has 0 aliphatic carbocycles. The highest BCUT2D eigenvalue weighted by atomic mass is 32.2. The van der Waals surface area contributed by atoms with E-state index in [1.165, 1.54) is 7.11 Å². The highest BCUT2D eigenvalue weighted by Gasteiger charge is 2.22. The van der Waals surface area contributed by atoms with E-state index in [2.05, 4.69) is 0 Å². The van der Waals surface area contributed by atoms with Crippen LogP contribution in [0.1, 0.15) is 0 Å². The SMILES string of the molecule is COc1ccc(S(=O)(=O)Nc2ccc(F)c(F)c2)cc1[N+](=O)[O-]. The van der Waals surface area contributed by atoms with Gasteiger partial charge in [-0.2, -0.15) is 0 Å². The van der Waals surface area contributed by atoms with E-state index in [-0.39, 0.29) is 11.4 Å². The number of methoxy groups -OCH3 is 1. The van der Waals surface area contributed by atoms with Crippen molar-refractivity contribution in [2.75, 3.05) is 11.8 Å². The first-order valence-electron chi connectivity index (χ1n) is 6.05. The summed E-state index contributed by atoms with van der Waals surface area (Å²) in [7, 11) is -3.02. The zero-order valence-electron chi connectivity index (χ0n) is 11.6. The van der Waals surface area contributed by atoms with Crippen LogP contribution in [-0.2, 0) is 10.0 Å². The molecule has 0 fully saturated rings. The molecule has 0 saturated carbocycles. The number of halogens is 2. The van der Waals surface area contributed by atoms with Gasteiger partial charge >= 0.3 is 5.69 Å². The molecule has 122 valence electrons. The predicted octanol–water partition coefficient (Wildman–Crippen LogP) is 2.68. The van der Waals surface area contributed by atoms with E-state index >= 15 is 0 Å². The number of nitrogens with zero attached hydrogens (tertiary/aromatic N) is 1. The summed E-state index contributed by atoms with van der Waals surface area (Å²) in [5.74, 6) is -2.47. The van der Waals surface area contributed by atoms with Crippen LogP contribution in [0.5, 0.6) is 5.75 Å². The Morgan fingerprint density at radius 2 is 1.83 bits per heavy atom. The van der Waals surface area contributed by atoms with Crippen molar-refractivity contribution in [3.63, 3.8) is 0 Å². The van der Waals surface area contributed by atoms with Crippen molar-refractivity contribution < 1.29 is 26.9 Å². The Morgan fingerprint density at radius 3 is 2.39 bits per heavy atom. The van der Waals surface area contributed by atoms with Crippen LogP contribution in [-0.4, -0.2) is 20.5 Å². The summed E-state index contributed by atoms with van der Waals surface area (Å²) in [5, 5.41) is 10.9. The van der Waals surface area contributed by atoms with Gasteiger partial charge in [-0.25, -0.2) is 17.2 Å². The van der Waals surface area contributed by atoms with Crippen LogP contribution >= 0.6 is 0 Å². The molecule has 7 nitrogen and oxygen atoms in total. The molecular weight excluding hydrogens is 334 g/mol. The second-order valence-corrected chi connectivity index (χ2v) is 6.01. The lowest BCUT2D eigenvalue weighted by Gasteiger charge is -2.09. The van der Waals surface area contributed by atoms with E-state index in [0.717, 1.165) is 30.3 Å². The quantitative estimate of drug-likeness (QED) is 0.664. The molecule has 0 saturated heterocycles. The third-order valence-corrected chi connectivity index (χ3v) is 4.21. The normalized spacial score (nSPS) is 11.1. The van der Waals surface area contributed by atoms with Crippen molar-refractivity contribution >= 4 is 21.4 Å². The van der Waals surface area contributed by atoms with Gasteiger partial charge in [0.15, 0.2) is 17.4 Å². The Kier molecular flexibility index (Phi) is 4.45. The summed E-state index contributed by atoms with van der Waals surface area (Å²) in [6, 6.07) is 5.45. The average Bonchev–Trinajstić information content (AvgIpc) is 2.50. The van der Waals surface area contributed by atoms with Gasteiger partial charge in [0, 0.05) is 12.1 Å². The number of nitro benzene ring substituents is 1. The minimum atomic E-state index is -4.22. The summed E-state index contributed by atoms with van der Waals surface area (Å²) in [4.78, 5) is 9.70. The fourth-order valence-corrected chi connectivity index (χ4v) is 2.82. The second-order valence-electron chi connectivity index (χ2n) is 4.33. The maximum Gasteiger partial charge on any atom is 0.312 e. The predicted molar refractivity (Wildman–Crippen MR) is 76.8 cm³/mol. The van der Waals surface area contributed by atoms with Gasteiger partial charge in [-0.15, -0.1) is 0 Å². The van der Waals surface area contributed by atoms with Gasteiger partial charge in [0.1, 0.15) is 0 Å². The van der Waals surface area contributed by atoms with E-state index in [1.807, 2.05) is 4.72 Å². The van der Waals surface area contributed by atoms with E-state index in [0.29, 0.717) is 6.07 Å². The summed E-state index contributed by atoms with van der Waals surface area (Å²) < 4.78 is 57.1. The third kappa shape index (κ3) is 3.54. The van der Waals surface area contributed by atoms with Gasteiger partial charge < -0.3 is 4.74 Å². The van der Waals surface area contributed by atoms with Gasteiger partial charge in [0.25, 0.3) is 10.0 Å². The lowest BCUT2D eigenvalue weighted by atomic mass is 10.3. The monoisotopic (exact) mass is 344 g/mol. The van der Waals surface area contributed by atoms with Crippen LogP contribution in [0.2, 0.25) is 0 Å². The number of ether oxygens (including phenoxy) is 1. The van der Waals surface area contributed by atoms with Crippen molar-refractivity contribution in [1.82, 2.24) is 0 Å². The van der Waals surface area contributed by atoms with Gasteiger partial charge in [-0.3, -0.25) is 14.8 Å². The fraction of sp³-hybridized carbons (Fsp3) is 0.0769. The number of nitro groups is 1. The smallest absolute Gasteiger partial charge is 0.312 e. The zero-order chi connectivity index (χ0) is 17.2. The van der Waals surface area contributed by atoms with Crippen molar-refractivity contribution in [2.45, 2.75) is 4.90 Å². The van der Waals surface area contributed by atoms with Crippen LogP contribution in [0.15, 0.2) is 41.3 Å². The highest BCUT2D eigenvalue weighted by Crippen LogP contribution is 2.30. The molecule has 0 aromatic heterocycles. The van der Waals surface area contributed by atoms with Crippen LogP contribution < -0.4 is 9.46 Å². The molecule has 0 atom stereocenters. The van der Waals surface area contributed by atoms with Gasteiger partial charge in [0.05, 0.1) is 22.6 Å². The Hall–Kier alpha value is -2.75.